The van der Waals surface area contributed by atoms with Gasteiger partial charge in [0, 0.05) is 5.56 Å². The van der Waals surface area contributed by atoms with Gasteiger partial charge in [-0.05, 0) is 39.0 Å². The predicted molar refractivity (Wildman–Crippen MR) is 76.0 cm³/mol. The first-order chi connectivity index (χ1) is 9.49. The molecule has 2 rings (SSSR count). The number of carbonyl (C=O) groups excluding carboxylic acids is 1. The van der Waals surface area contributed by atoms with Crippen LogP contribution in [0.15, 0.2) is 39.9 Å². The van der Waals surface area contributed by atoms with Gasteiger partial charge in [0.05, 0.1) is 11.3 Å². The Balaban J connectivity index is 2.15. The van der Waals surface area contributed by atoms with Crippen molar-refractivity contribution in [2.45, 2.75) is 20.8 Å². The van der Waals surface area contributed by atoms with Crippen molar-refractivity contribution in [1.82, 2.24) is 5.43 Å². The quantitative estimate of drug-likeness (QED) is 0.666. The van der Waals surface area contributed by atoms with Gasteiger partial charge in [-0.25, -0.2) is 5.43 Å². The third-order valence-electron chi connectivity index (χ3n) is 2.90. The Labute approximate surface area is 116 Å². The number of aromatic hydroxyl groups is 1. The van der Waals surface area contributed by atoms with E-state index in [0.29, 0.717) is 28.4 Å². The minimum atomic E-state index is -0.339. The molecule has 1 aromatic carbocycles. The molecule has 1 amide bonds. The van der Waals surface area contributed by atoms with Crippen molar-refractivity contribution in [2.75, 3.05) is 0 Å². The zero-order valence-corrected chi connectivity index (χ0v) is 11.6. The van der Waals surface area contributed by atoms with Crippen LogP contribution in [0.3, 0.4) is 0 Å². The highest BCUT2D eigenvalue weighted by Gasteiger charge is 2.13. The maximum atomic E-state index is 12.0. The van der Waals surface area contributed by atoms with E-state index in [1.807, 2.05) is 0 Å². The number of nitrogens with one attached hydrogen (secondary N) is 1. The lowest BCUT2D eigenvalue weighted by molar-refractivity contribution is 0.0953. The maximum absolute atomic E-state index is 12.0. The van der Waals surface area contributed by atoms with Crippen LogP contribution in [0.1, 0.15) is 34.4 Å². The molecule has 0 radical (unpaired) electrons. The van der Waals surface area contributed by atoms with E-state index in [0.717, 1.165) is 0 Å². The molecule has 0 spiro atoms. The first-order valence-corrected chi connectivity index (χ1v) is 6.19. The van der Waals surface area contributed by atoms with Gasteiger partial charge in [-0.15, -0.1) is 0 Å². The topological polar surface area (TPSA) is 74.8 Å². The van der Waals surface area contributed by atoms with E-state index >= 15 is 0 Å². The number of aryl methyl sites for hydroxylation is 2. The zero-order chi connectivity index (χ0) is 14.7. The molecule has 0 bridgehead atoms. The van der Waals surface area contributed by atoms with Crippen molar-refractivity contribution in [2.24, 2.45) is 5.10 Å². The van der Waals surface area contributed by atoms with E-state index in [2.05, 4.69) is 10.5 Å². The number of carbonyl (C=O) groups is 1. The molecule has 2 aromatic rings. The minimum absolute atomic E-state index is 0.123. The number of furan rings is 1. The average molecular weight is 272 g/mol. The van der Waals surface area contributed by atoms with Crippen LogP contribution in [0.2, 0.25) is 0 Å². The van der Waals surface area contributed by atoms with Crippen molar-refractivity contribution in [3.8, 4) is 5.75 Å². The van der Waals surface area contributed by atoms with Crippen molar-refractivity contribution in [3.63, 3.8) is 0 Å². The van der Waals surface area contributed by atoms with Crippen LogP contribution in [-0.2, 0) is 0 Å². The number of hydrazone groups is 1. The molecule has 104 valence electrons. The molecule has 0 aliphatic heterocycles. The summed E-state index contributed by atoms with van der Waals surface area (Å²) in [5.74, 6) is 1.01. The molecule has 0 aliphatic rings. The van der Waals surface area contributed by atoms with Gasteiger partial charge in [0.2, 0.25) is 0 Å². The average Bonchev–Trinajstić information content (AvgIpc) is 2.75. The van der Waals surface area contributed by atoms with Crippen LogP contribution in [0.5, 0.6) is 5.75 Å². The second kappa shape index (κ2) is 5.61. The Morgan fingerprint density at radius 3 is 2.55 bits per heavy atom. The Morgan fingerprint density at radius 2 is 1.95 bits per heavy atom. The molecular formula is C15H16N2O3. The van der Waals surface area contributed by atoms with Crippen molar-refractivity contribution >= 4 is 11.6 Å². The maximum Gasteiger partial charge on any atom is 0.274 e. The lowest BCUT2D eigenvalue weighted by Crippen LogP contribution is -2.19. The van der Waals surface area contributed by atoms with Crippen LogP contribution < -0.4 is 5.43 Å². The monoisotopic (exact) mass is 272 g/mol. The summed E-state index contributed by atoms with van der Waals surface area (Å²) in [7, 11) is 0. The predicted octanol–water partition coefficient (Wildman–Crippen LogP) is 2.76. The van der Waals surface area contributed by atoms with Gasteiger partial charge in [-0.3, -0.25) is 4.79 Å². The summed E-state index contributed by atoms with van der Waals surface area (Å²) in [5, 5.41) is 13.7. The first kappa shape index (κ1) is 13.9. The summed E-state index contributed by atoms with van der Waals surface area (Å²) in [5.41, 5.74) is 4.01. The highest BCUT2D eigenvalue weighted by atomic mass is 16.3. The second-order valence-electron chi connectivity index (χ2n) is 4.48. The number of benzene rings is 1. The van der Waals surface area contributed by atoms with E-state index < -0.39 is 0 Å². The number of amides is 1. The highest BCUT2D eigenvalue weighted by Crippen LogP contribution is 2.16. The van der Waals surface area contributed by atoms with E-state index in [4.69, 9.17) is 4.42 Å². The van der Waals surface area contributed by atoms with Crippen LogP contribution >= 0.6 is 0 Å². The van der Waals surface area contributed by atoms with Crippen LogP contribution in [0.25, 0.3) is 0 Å². The SMILES string of the molecule is CC(=NNC(=O)c1cc(C)oc1C)c1ccccc1O. The van der Waals surface area contributed by atoms with Crippen LogP contribution in [-0.4, -0.2) is 16.7 Å². The lowest BCUT2D eigenvalue weighted by atomic mass is 10.1. The van der Waals surface area contributed by atoms with Crippen LogP contribution in [0, 0.1) is 13.8 Å². The summed E-state index contributed by atoms with van der Waals surface area (Å²) >= 11 is 0. The molecule has 0 aliphatic carbocycles. The smallest absolute Gasteiger partial charge is 0.274 e. The van der Waals surface area contributed by atoms with Gasteiger partial charge >= 0.3 is 0 Å². The van der Waals surface area contributed by atoms with Gasteiger partial charge in [0.15, 0.2) is 0 Å². The molecule has 0 saturated heterocycles. The van der Waals surface area contributed by atoms with E-state index in [1.54, 1.807) is 51.1 Å². The van der Waals surface area contributed by atoms with Gasteiger partial charge in [0.1, 0.15) is 17.3 Å². The minimum Gasteiger partial charge on any atom is -0.507 e. The largest absolute Gasteiger partial charge is 0.507 e. The molecule has 1 aromatic heterocycles. The summed E-state index contributed by atoms with van der Waals surface area (Å²) < 4.78 is 5.30. The molecule has 0 atom stereocenters. The number of nitrogens with zero attached hydrogens (tertiary/aromatic N) is 1. The van der Waals surface area contributed by atoms with E-state index in [-0.39, 0.29) is 11.7 Å². The Morgan fingerprint density at radius 1 is 1.25 bits per heavy atom. The van der Waals surface area contributed by atoms with Crippen LogP contribution in [0.4, 0.5) is 0 Å². The molecule has 0 fully saturated rings. The highest BCUT2D eigenvalue weighted by molar-refractivity contribution is 6.02. The Hall–Kier alpha value is -2.56. The standard InChI is InChI=1S/C15H16N2O3/c1-9-8-13(11(3)20-9)15(19)17-16-10(2)12-6-4-5-7-14(12)18/h4-8,18H,1-3H3,(H,17,19). The van der Waals surface area contributed by atoms with Crippen molar-refractivity contribution in [3.05, 3.63) is 53.0 Å². The van der Waals surface area contributed by atoms with E-state index in [9.17, 15) is 9.90 Å². The molecule has 5 nitrogen and oxygen atoms in total. The number of phenolic OH excluding ortho intramolecular Hbond substituents is 1. The number of phenols is 1. The summed E-state index contributed by atoms with van der Waals surface area (Å²) in [6.07, 6.45) is 0. The summed E-state index contributed by atoms with van der Waals surface area (Å²) in [4.78, 5) is 12.0. The first-order valence-electron chi connectivity index (χ1n) is 6.19. The summed E-state index contributed by atoms with van der Waals surface area (Å²) in [6, 6.07) is 8.48. The molecule has 0 saturated carbocycles. The molecule has 5 heteroatoms. The zero-order valence-electron chi connectivity index (χ0n) is 11.6. The Bertz CT molecular complexity index is 672. The van der Waals surface area contributed by atoms with Crippen molar-refractivity contribution in [1.29, 1.82) is 0 Å². The number of rotatable bonds is 3. The molecular weight excluding hydrogens is 256 g/mol. The molecule has 2 N–H and O–H groups in total. The number of hydrogen-bond donors (Lipinski definition) is 2. The fraction of sp³-hybridized carbons (Fsp3) is 0.200. The van der Waals surface area contributed by atoms with Gasteiger partial charge < -0.3 is 9.52 Å². The number of hydrogen-bond acceptors (Lipinski definition) is 4. The normalized spacial score (nSPS) is 11.4. The molecule has 0 unspecified atom stereocenters. The summed E-state index contributed by atoms with van der Waals surface area (Å²) in [6.45, 7) is 5.21. The lowest BCUT2D eigenvalue weighted by Gasteiger charge is -2.04. The van der Waals surface area contributed by atoms with E-state index in [1.165, 1.54) is 0 Å². The molecule has 1 heterocycles. The second-order valence-corrected chi connectivity index (χ2v) is 4.48. The Kier molecular flexibility index (Phi) is 3.89. The van der Waals surface area contributed by atoms with Crippen molar-refractivity contribution < 1.29 is 14.3 Å². The fourth-order valence-corrected chi connectivity index (χ4v) is 1.89. The molecule has 20 heavy (non-hydrogen) atoms. The van der Waals surface area contributed by atoms with Gasteiger partial charge in [0.25, 0.3) is 5.91 Å². The van der Waals surface area contributed by atoms with Gasteiger partial charge in [-0.2, -0.15) is 5.10 Å². The van der Waals surface area contributed by atoms with Gasteiger partial charge in [-0.1, -0.05) is 12.1 Å². The third kappa shape index (κ3) is 2.88. The number of para-hydroxylation sites is 1. The fourth-order valence-electron chi connectivity index (χ4n) is 1.89. The third-order valence-corrected chi connectivity index (χ3v) is 2.90.